The first-order valence-electron chi connectivity index (χ1n) is 16.0. The van der Waals surface area contributed by atoms with E-state index >= 15 is 8.78 Å². The Kier molecular flexibility index (Phi) is 7.00. The Bertz CT molecular complexity index is 2060. The summed E-state index contributed by atoms with van der Waals surface area (Å²) in [6.07, 6.45) is 6.78. The third kappa shape index (κ3) is 4.37. The van der Waals surface area contributed by atoms with Gasteiger partial charge in [-0.3, -0.25) is 0 Å². The van der Waals surface area contributed by atoms with Crippen molar-refractivity contribution in [3.05, 3.63) is 143 Å². The summed E-state index contributed by atoms with van der Waals surface area (Å²) < 4.78 is 32.8. The van der Waals surface area contributed by atoms with Crippen LogP contribution >= 0.6 is 0 Å². The van der Waals surface area contributed by atoms with Crippen molar-refractivity contribution in [2.75, 3.05) is 18.0 Å². The molecule has 0 amide bonds. The molecule has 2 heterocycles. The van der Waals surface area contributed by atoms with E-state index in [4.69, 9.17) is 0 Å². The van der Waals surface area contributed by atoms with Gasteiger partial charge in [0.1, 0.15) is 18.2 Å². The highest BCUT2D eigenvalue weighted by Crippen LogP contribution is 2.51. The van der Waals surface area contributed by atoms with Crippen molar-refractivity contribution >= 4 is 38.6 Å². The number of fused-ring (bicyclic) bond motifs is 6. The van der Waals surface area contributed by atoms with Crippen LogP contribution in [0.2, 0.25) is 0 Å². The van der Waals surface area contributed by atoms with Gasteiger partial charge in [-0.15, -0.1) is 0 Å². The first-order valence-corrected chi connectivity index (χ1v) is 16.0. The van der Waals surface area contributed by atoms with Crippen LogP contribution in [0.1, 0.15) is 51.3 Å². The van der Waals surface area contributed by atoms with Gasteiger partial charge in [-0.05, 0) is 84.6 Å². The summed E-state index contributed by atoms with van der Waals surface area (Å²) in [4.78, 5) is 2.42. The lowest BCUT2D eigenvalue weighted by Gasteiger charge is -2.26. The number of halogens is 2. The van der Waals surface area contributed by atoms with Gasteiger partial charge in [0.15, 0.2) is 5.71 Å². The van der Waals surface area contributed by atoms with Crippen molar-refractivity contribution in [2.45, 2.75) is 51.9 Å². The molecule has 0 bridgehead atoms. The van der Waals surface area contributed by atoms with Crippen LogP contribution in [-0.4, -0.2) is 23.4 Å². The van der Waals surface area contributed by atoms with Crippen molar-refractivity contribution in [1.82, 2.24) is 0 Å². The van der Waals surface area contributed by atoms with E-state index in [0.717, 1.165) is 40.8 Å². The zero-order chi connectivity index (χ0) is 31.5. The van der Waals surface area contributed by atoms with Gasteiger partial charge in [-0.25, -0.2) is 8.78 Å². The average Bonchev–Trinajstić information content (AvgIpc) is 3.42. The third-order valence-electron chi connectivity index (χ3n) is 10.1. The number of allylic oxidation sites excluding steroid dienone is 4. The van der Waals surface area contributed by atoms with Crippen LogP contribution in [0.5, 0.6) is 0 Å². The second-order valence-electron chi connectivity index (χ2n) is 13.0. The first kappa shape index (κ1) is 29.2. The fourth-order valence-corrected chi connectivity index (χ4v) is 8.08. The molecule has 1 atom stereocenters. The van der Waals surface area contributed by atoms with E-state index in [-0.39, 0.29) is 17.4 Å². The van der Waals surface area contributed by atoms with E-state index in [1.54, 1.807) is 0 Å². The third-order valence-corrected chi connectivity index (χ3v) is 10.1. The maximum absolute atomic E-state index is 15.2. The molecular formula is C41H39F2N2+. The Morgan fingerprint density at radius 2 is 1.36 bits per heavy atom. The highest BCUT2D eigenvalue weighted by atomic mass is 19.1. The quantitative estimate of drug-likeness (QED) is 0.177. The molecule has 2 nitrogen and oxygen atoms in total. The van der Waals surface area contributed by atoms with Gasteiger partial charge in [0.25, 0.3) is 0 Å². The summed E-state index contributed by atoms with van der Waals surface area (Å²) in [6.45, 7) is 12.7. The molecule has 0 saturated carbocycles. The second-order valence-corrected chi connectivity index (χ2v) is 13.0. The Hall–Kier alpha value is -4.57. The number of hydrogen-bond donors (Lipinski definition) is 0. The Balaban J connectivity index is 1.39. The van der Waals surface area contributed by atoms with Gasteiger partial charge in [0.05, 0.1) is 5.41 Å². The second kappa shape index (κ2) is 10.8. The molecule has 4 heteroatoms. The lowest BCUT2D eigenvalue weighted by molar-refractivity contribution is -0.433. The summed E-state index contributed by atoms with van der Waals surface area (Å²) >= 11 is 0. The number of rotatable bonds is 6. The summed E-state index contributed by atoms with van der Waals surface area (Å²) in [5.41, 5.74) is 6.34. The summed E-state index contributed by atoms with van der Waals surface area (Å²) in [5, 5.41) is 4.77. The first-order chi connectivity index (χ1) is 21.7. The minimum atomic E-state index is -0.668. The van der Waals surface area contributed by atoms with E-state index in [0.29, 0.717) is 0 Å². The summed E-state index contributed by atoms with van der Waals surface area (Å²) in [6, 6.07) is 29.9. The molecule has 0 N–H and O–H groups in total. The van der Waals surface area contributed by atoms with Crippen molar-refractivity contribution in [2.24, 2.45) is 0 Å². The van der Waals surface area contributed by atoms with Crippen molar-refractivity contribution in [1.29, 1.82) is 0 Å². The number of nitrogens with zero attached hydrogens (tertiary/aromatic N) is 2. The van der Waals surface area contributed by atoms with Gasteiger partial charge in [0.2, 0.25) is 5.69 Å². The van der Waals surface area contributed by atoms with E-state index in [1.165, 1.54) is 45.9 Å². The highest BCUT2D eigenvalue weighted by molar-refractivity contribution is 6.08. The summed E-state index contributed by atoms with van der Waals surface area (Å²) in [5.74, 6) is -1.01. The molecule has 0 spiro atoms. The largest absolute Gasteiger partial charge is 0.344 e. The van der Waals surface area contributed by atoms with Crippen molar-refractivity contribution < 1.29 is 13.4 Å². The fourth-order valence-electron chi connectivity index (χ4n) is 8.08. The predicted octanol–water partition coefficient (Wildman–Crippen LogP) is 10.1. The topological polar surface area (TPSA) is 6.25 Å². The van der Waals surface area contributed by atoms with Crippen LogP contribution in [0.15, 0.2) is 115 Å². The van der Waals surface area contributed by atoms with E-state index in [2.05, 4.69) is 123 Å². The number of hydrogen-bond acceptors (Lipinski definition) is 1. The molecule has 0 aliphatic carbocycles. The average molecular weight is 598 g/mol. The predicted molar refractivity (Wildman–Crippen MR) is 184 cm³/mol. The van der Waals surface area contributed by atoms with Gasteiger partial charge in [-0.2, -0.15) is 4.58 Å². The fraction of sp³-hybridized carbons (Fsp3) is 0.244. The molecule has 0 radical (unpaired) electrons. The van der Waals surface area contributed by atoms with Crippen LogP contribution in [0.3, 0.4) is 0 Å². The molecule has 0 saturated heterocycles. The molecule has 2 aliphatic rings. The summed E-state index contributed by atoms with van der Waals surface area (Å²) in [7, 11) is 0. The van der Waals surface area contributed by atoms with Crippen LogP contribution in [-0.2, 0) is 17.3 Å². The van der Waals surface area contributed by atoms with Gasteiger partial charge in [-0.1, -0.05) is 80.6 Å². The van der Waals surface area contributed by atoms with E-state index < -0.39 is 17.0 Å². The molecule has 2 aliphatic heterocycles. The van der Waals surface area contributed by atoms with Crippen LogP contribution in [0.25, 0.3) is 21.5 Å². The smallest absolute Gasteiger partial charge is 0.210 e. The Morgan fingerprint density at radius 3 is 2.00 bits per heavy atom. The number of likely N-dealkylation sites (N-methyl/N-ethyl adjacent to an activating group) is 1. The van der Waals surface area contributed by atoms with Crippen molar-refractivity contribution in [3.63, 3.8) is 0 Å². The highest BCUT2D eigenvalue weighted by Gasteiger charge is 2.49. The lowest BCUT2D eigenvalue weighted by atomic mass is 9.72. The lowest BCUT2D eigenvalue weighted by Crippen LogP contribution is -2.34. The molecular weight excluding hydrogens is 558 g/mol. The Labute approximate surface area is 264 Å². The molecule has 5 aromatic carbocycles. The van der Waals surface area contributed by atoms with E-state index in [1.807, 2.05) is 12.1 Å². The Morgan fingerprint density at radius 1 is 0.733 bits per heavy atom. The zero-order valence-corrected chi connectivity index (χ0v) is 26.7. The number of benzene rings is 5. The molecule has 5 aromatic rings. The minimum absolute atomic E-state index is 0.123. The zero-order valence-electron chi connectivity index (χ0n) is 26.7. The minimum Gasteiger partial charge on any atom is -0.344 e. The molecule has 45 heavy (non-hydrogen) atoms. The molecule has 0 fully saturated rings. The maximum atomic E-state index is 15.2. The van der Waals surface area contributed by atoms with Gasteiger partial charge >= 0.3 is 0 Å². The van der Waals surface area contributed by atoms with Crippen LogP contribution in [0, 0.1) is 11.6 Å². The van der Waals surface area contributed by atoms with Crippen LogP contribution in [0.4, 0.5) is 20.2 Å². The van der Waals surface area contributed by atoms with Crippen LogP contribution < -0.4 is 4.90 Å². The maximum Gasteiger partial charge on any atom is 0.210 e. The molecule has 0 aromatic heterocycles. The monoisotopic (exact) mass is 597 g/mol. The van der Waals surface area contributed by atoms with E-state index in [9.17, 15) is 0 Å². The molecule has 7 rings (SSSR count). The molecule has 226 valence electrons. The SMILES string of the molecule is CCN1/C(=C/C=C/C2=[N+](CC)c3ccc4ccccc4c3C2(C)Cc2c(F)cccc2F)C(C)(C)c2c1ccc1ccccc21. The van der Waals surface area contributed by atoms with Gasteiger partial charge in [0, 0.05) is 46.6 Å². The standard InChI is InChI=1S/C41H39F2N2/c1-6-44-34-24-22-27-14-8-10-16-29(27)38(34)40(3,4)36(44)20-13-21-37-41(5,26-31-32(42)18-12-19-33(31)43)39-30-17-11-9-15-28(30)23-25-35(39)45(37)7-2/h8-25H,6-7,26H2,1-5H3/q+1. The number of anilines is 1. The molecule has 1 unspecified atom stereocenters. The van der Waals surface area contributed by atoms with Gasteiger partial charge < -0.3 is 4.90 Å². The van der Waals surface area contributed by atoms with Crippen molar-refractivity contribution in [3.8, 4) is 0 Å². The normalized spacial score (nSPS) is 19.8.